The zero-order valence-electron chi connectivity index (χ0n) is 15.2. The Balaban J connectivity index is 1.54. The molecule has 1 unspecified atom stereocenters. The molecular weight excluding hydrogens is 312 g/mol. The van der Waals surface area contributed by atoms with Crippen molar-refractivity contribution >= 4 is 5.69 Å². The van der Waals surface area contributed by atoms with E-state index in [1.54, 1.807) is 0 Å². The van der Waals surface area contributed by atoms with Crippen LogP contribution in [0.1, 0.15) is 25.8 Å². The Morgan fingerprint density at radius 2 is 1.72 bits per heavy atom. The van der Waals surface area contributed by atoms with E-state index in [4.69, 9.17) is 15.2 Å². The van der Waals surface area contributed by atoms with E-state index in [0.717, 1.165) is 37.4 Å². The van der Waals surface area contributed by atoms with Crippen LogP contribution in [-0.4, -0.2) is 31.8 Å². The number of ether oxygens (including phenoxy) is 2. The molecule has 1 atom stereocenters. The first-order valence-electron chi connectivity index (χ1n) is 9.11. The van der Waals surface area contributed by atoms with Crippen molar-refractivity contribution in [2.45, 2.75) is 38.9 Å². The van der Waals surface area contributed by atoms with Crippen LogP contribution in [0.3, 0.4) is 0 Å². The lowest BCUT2D eigenvalue weighted by Gasteiger charge is -2.20. The molecule has 0 amide bonds. The molecule has 0 bridgehead atoms. The summed E-state index contributed by atoms with van der Waals surface area (Å²) in [6.07, 6.45) is 2.38. The van der Waals surface area contributed by atoms with Crippen LogP contribution in [-0.2, 0) is 6.42 Å². The number of rotatable bonds is 7. The van der Waals surface area contributed by atoms with Crippen molar-refractivity contribution in [2.24, 2.45) is 5.73 Å². The zero-order valence-corrected chi connectivity index (χ0v) is 15.2. The van der Waals surface area contributed by atoms with Crippen LogP contribution < -0.4 is 20.1 Å². The average Bonchev–Trinajstić information content (AvgIpc) is 3.05. The van der Waals surface area contributed by atoms with E-state index in [1.165, 1.54) is 11.3 Å². The third-order valence-corrected chi connectivity index (χ3v) is 4.38. The molecule has 0 aliphatic carbocycles. The van der Waals surface area contributed by atoms with E-state index < -0.39 is 0 Å². The van der Waals surface area contributed by atoms with Gasteiger partial charge in [0.05, 0.1) is 12.6 Å². The van der Waals surface area contributed by atoms with E-state index in [9.17, 15) is 0 Å². The quantitative estimate of drug-likeness (QED) is 0.836. The molecule has 4 nitrogen and oxygen atoms in total. The molecule has 3 rings (SSSR count). The molecule has 1 saturated heterocycles. The first-order valence-corrected chi connectivity index (χ1v) is 9.11. The lowest BCUT2D eigenvalue weighted by molar-refractivity contribution is 0.225. The summed E-state index contributed by atoms with van der Waals surface area (Å²) in [5.41, 5.74) is 8.07. The van der Waals surface area contributed by atoms with Crippen LogP contribution in [0.25, 0.3) is 0 Å². The lowest BCUT2D eigenvalue weighted by Crippen LogP contribution is -2.24. The van der Waals surface area contributed by atoms with Crippen molar-refractivity contribution in [1.82, 2.24) is 0 Å². The number of benzene rings is 2. The minimum absolute atomic E-state index is 0.201. The summed E-state index contributed by atoms with van der Waals surface area (Å²) in [7, 11) is 0. The van der Waals surface area contributed by atoms with Gasteiger partial charge in [-0.05, 0) is 68.8 Å². The molecule has 1 aliphatic heterocycles. The first kappa shape index (κ1) is 17.6. The molecule has 0 aromatic heterocycles. The van der Waals surface area contributed by atoms with Gasteiger partial charge in [-0.15, -0.1) is 0 Å². The maximum absolute atomic E-state index is 6.14. The van der Waals surface area contributed by atoms with Gasteiger partial charge in [0.25, 0.3) is 0 Å². The smallest absolute Gasteiger partial charge is 0.119 e. The van der Waals surface area contributed by atoms with Crippen molar-refractivity contribution in [2.75, 3.05) is 24.5 Å². The molecule has 2 aromatic carbocycles. The number of nitrogens with two attached hydrogens (primary N) is 1. The summed E-state index contributed by atoms with van der Waals surface area (Å²) >= 11 is 0. The molecule has 2 aromatic rings. The van der Waals surface area contributed by atoms with Crippen LogP contribution in [0, 0.1) is 0 Å². The molecule has 1 heterocycles. The number of hydrogen-bond donors (Lipinski definition) is 1. The van der Waals surface area contributed by atoms with E-state index >= 15 is 0 Å². The van der Waals surface area contributed by atoms with Crippen LogP contribution in [0.4, 0.5) is 5.69 Å². The third kappa shape index (κ3) is 4.89. The second kappa shape index (κ2) is 8.26. The van der Waals surface area contributed by atoms with Crippen LogP contribution in [0.15, 0.2) is 48.5 Å². The Kier molecular flexibility index (Phi) is 5.82. The normalized spacial score (nSPS) is 17.1. The Bertz CT molecular complexity index is 653. The maximum atomic E-state index is 6.14. The zero-order chi connectivity index (χ0) is 17.6. The van der Waals surface area contributed by atoms with E-state index in [2.05, 4.69) is 29.2 Å². The SMILES string of the molecule is CC(C)Oc1ccc(N2CCC(Oc3ccc(CCN)cc3)C2)cc1. The highest BCUT2D eigenvalue weighted by Gasteiger charge is 2.24. The fraction of sp³-hybridized carbons (Fsp3) is 0.429. The number of hydrogen-bond acceptors (Lipinski definition) is 4. The van der Waals surface area contributed by atoms with Crippen molar-refractivity contribution in [3.63, 3.8) is 0 Å². The first-order chi connectivity index (χ1) is 12.1. The molecule has 1 fully saturated rings. The lowest BCUT2D eigenvalue weighted by atomic mass is 10.1. The Morgan fingerprint density at radius 1 is 1.04 bits per heavy atom. The Labute approximate surface area is 150 Å². The van der Waals surface area contributed by atoms with Crippen LogP contribution >= 0.6 is 0 Å². The van der Waals surface area contributed by atoms with E-state index in [0.29, 0.717) is 6.54 Å². The van der Waals surface area contributed by atoms with Gasteiger partial charge in [-0.2, -0.15) is 0 Å². The summed E-state index contributed by atoms with van der Waals surface area (Å²) in [5.74, 6) is 1.86. The summed E-state index contributed by atoms with van der Waals surface area (Å²) in [5, 5.41) is 0. The molecular formula is C21H28N2O2. The fourth-order valence-electron chi connectivity index (χ4n) is 3.16. The monoisotopic (exact) mass is 340 g/mol. The largest absolute Gasteiger partial charge is 0.491 e. The topological polar surface area (TPSA) is 47.7 Å². The highest BCUT2D eigenvalue weighted by atomic mass is 16.5. The van der Waals surface area contributed by atoms with Crippen LogP contribution in [0.2, 0.25) is 0 Å². The summed E-state index contributed by atoms with van der Waals surface area (Å²) in [6, 6.07) is 16.6. The predicted octanol–water partition coefficient (Wildman–Crippen LogP) is 3.63. The minimum Gasteiger partial charge on any atom is -0.491 e. The number of anilines is 1. The van der Waals surface area contributed by atoms with Gasteiger partial charge in [-0.3, -0.25) is 0 Å². The van der Waals surface area contributed by atoms with E-state index in [1.807, 2.05) is 38.1 Å². The number of nitrogens with zero attached hydrogens (tertiary/aromatic N) is 1. The highest BCUT2D eigenvalue weighted by Crippen LogP contribution is 2.26. The van der Waals surface area contributed by atoms with Gasteiger partial charge in [-0.1, -0.05) is 12.1 Å². The molecule has 0 spiro atoms. The Morgan fingerprint density at radius 3 is 2.36 bits per heavy atom. The van der Waals surface area contributed by atoms with Gasteiger partial charge < -0.3 is 20.1 Å². The minimum atomic E-state index is 0.201. The molecule has 1 aliphatic rings. The van der Waals surface area contributed by atoms with Crippen molar-refractivity contribution < 1.29 is 9.47 Å². The maximum Gasteiger partial charge on any atom is 0.119 e. The molecule has 2 N–H and O–H groups in total. The second-order valence-corrected chi connectivity index (χ2v) is 6.82. The summed E-state index contributed by atoms with van der Waals surface area (Å²) in [6.45, 7) is 6.69. The van der Waals surface area contributed by atoms with Crippen molar-refractivity contribution in [3.05, 3.63) is 54.1 Å². The fourth-order valence-corrected chi connectivity index (χ4v) is 3.16. The van der Waals surface area contributed by atoms with Crippen LogP contribution in [0.5, 0.6) is 11.5 Å². The van der Waals surface area contributed by atoms with Gasteiger partial charge >= 0.3 is 0 Å². The van der Waals surface area contributed by atoms with Gasteiger partial charge in [0, 0.05) is 18.7 Å². The molecule has 0 radical (unpaired) electrons. The highest BCUT2D eigenvalue weighted by molar-refractivity contribution is 5.50. The predicted molar refractivity (Wildman–Crippen MR) is 103 cm³/mol. The molecule has 134 valence electrons. The third-order valence-electron chi connectivity index (χ3n) is 4.38. The van der Waals surface area contributed by atoms with Gasteiger partial charge in [0.15, 0.2) is 0 Å². The van der Waals surface area contributed by atoms with Gasteiger partial charge in [-0.25, -0.2) is 0 Å². The summed E-state index contributed by atoms with van der Waals surface area (Å²) < 4.78 is 11.8. The van der Waals surface area contributed by atoms with E-state index in [-0.39, 0.29) is 12.2 Å². The van der Waals surface area contributed by atoms with Gasteiger partial charge in [0.2, 0.25) is 0 Å². The summed E-state index contributed by atoms with van der Waals surface area (Å²) in [4.78, 5) is 2.37. The molecule has 4 heteroatoms. The molecule has 0 saturated carbocycles. The van der Waals surface area contributed by atoms with Gasteiger partial charge in [0.1, 0.15) is 17.6 Å². The Hall–Kier alpha value is -2.20. The van der Waals surface area contributed by atoms with Crippen molar-refractivity contribution in [3.8, 4) is 11.5 Å². The standard InChI is InChI=1S/C21H28N2O2/c1-16(2)24-19-9-5-18(6-10-19)23-14-12-21(15-23)25-20-7-3-17(4-8-20)11-13-22/h3-10,16,21H,11-15,22H2,1-2H3. The molecule has 25 heavy (non-hydrogen) atoms. The second-order valence-electron chi connectivity index (χ2n) is 6.82. The van der Waals surface area contributed by atoms with Crippen molar-refractivity contribution in [1.29, 1.82) is 0 Å². The average molecular weight is 340 g/mol.